The van der Waals surface area contributed by atoms with Crippen LogP contribution in [0.1, 0.15) is 69.1 Å². The zero-order chi connectivity index (χ0) is 20.8. The minimum Gasteiger partial charge on any atom is -0.469 e. The summed E-state index contributed by atoms with van der Waals surface area (Å²) in [4.78, 5) is 11.0. The highest BCUT2D eigenvalue weighted by atomic mass is 16.5. The zero-order valence-corrected chi connectivity index (χ0v) is 17.0. The number of methoxy groups -OCH3 is 1. The Morgan fingerprint density at radius 3 is 2.39 bits per heavy atom. The number of hydrogen-bond donors (Lipinski definition) is 3. The molecular formula is C23H34O5. The van der Waals surface area contributed by atoms with Gasteiger partial charge in [0.15, 0.2) is 0 Å². The van der Waals surface area contributed by atoms with Crippen LogP contribution in [0.15, 0.2) is 42.5 Å². The molecule has 5 nitrogen and oxygen atoms in total. The van der Waals surface area contributed by atoms with E-state index in [-0.39, 0.29) is 12.4 Å². The molecule has 28 heavy (non-hydrogen) atoms. The summed E-state index contributed by atoms with van der Waals surface area (Å²) in [6.45, 7) is 2.15. The molecule has 0 amide bonds. The number of allylic oxidation sites excluding steroid dienone is 2. The number of rotatable bonds is 13. The predicted octanol–water partition coefficient (Wildman–Crippen LogP) is 3.93. The molecule has 156 valence electrons. The minimum atomic E-state index is -0.983. The molecule has 1 aromatic rings. The van der Waals surface area contributed by atoms with Gasteiger partial charge in [0.1, 0.15) is 0 Å². The average molecular weight is 391 g/mol. The van der Waals surface area contributed by atoms with E-state index in [0.29, 0.717) is 12.8 Å². The fourth-order valence-electron chi connectivity index (χ4n) is 2.78. The molecular weight excluding hydrogens is 356 g/mol. The Balaban J connectivity index is 2.41. The van der Waals surface area contributed by atoms with E-state index in [9.17, 15) is 20.1 Å². The van der Waals surface area contributed by atoms with Crippen LogP contribution >= 0.6 is 0 Å². The van der Waals surface area contributed by atoms with Crippen LogP contribution in [0.25, 0.3) is 6.08 Å². The molecule has 0 aliphatic rings. The second-order valence-corrected chi connectivity index (χ2v) is 6.95. The predicted molar refractivity (Wildman–Crippen MR) is 112 cm³/mol. The number of benzene rings is 1. The maximum atomic E-state index is 11.0. The summed E-state index contributed by atoms with van der Waals surface area (Å²) in [5.41, 5.74) is 1.91. The van der Waals surface area contributed by atoms with E-state index in [1.165, 1.54) is 13.2 Å². The van der Waals surface area contributed by atoms with Crippen LogP contribution < -0.4 is 0 Å². The number of aliphatic hydroxyl groups excluding tert-OH is 3. The summed E-state index contributed by atoms with van der Waals surface area (Å²) < 4.78 is 4.54. The Hall–Kier alpha value is -1.95. The highest BCUT2D eigenvalue weighted by Gasteiger charge is 2.13. The Morgan fingerprint density at radius 2 is 1.75 bits per heavy atom. The van der Waals surface area contributed by atoms with Crippen LogP contribution in [-0.2, 0) is 9.53 Å². The maximum Gasteiger partial charge on any atom is 0.305 e. The average Bonchev–Trinajstić information content (AvgIpc) is 2.71. The van der Waals surface area contributed by atoms with Crippen molar-refractivity contribution in [2.75, 3.05) is 7.11 Å². The molecule has 3 N–H and O–H groups in total. The van der Waals surface area contributed by atoms with Gasteiger partial charge in [-0.1, -0.05) is 74.8 Å². The van der Waals surface area contributed by atoms with Crippen molar-refractivity contribution in [2.24, 2.45) is 0 Å². The molecule has 0 unspecified atom stereocenters. The van der Waals surface area contributed by atoms with Crippen LogP contribution in [0, 0.1) is 0 Å². The molecule has 0 heterocycles. The van der Waals surface area contributed by atoms with E-state index in [0.717, 1.165) is 36.8 Å². The quantitative estimate of drug-likeness (QED) is 0.270. The first-order chi connectivity index (χ1) is 13.5. The topological polar surface area (TPSA) is 87.0 Å². The fourth-order valence-corrected chi connectivity index (χ4v) is 2.78. The van der Waals surface area contributed by atoms with E-state index >= 15 is 0 Å². The van der Waals surface area contributed by atoms with Crippen LogP contribution in [0.4, 0.5) is 0 Å². The van der Waals surface area contributed by atoms with Gasteiger partial charge in [0.25, 0.3) is 0 Å². The number of unbranched alkanes of at least 4 members (excludes halogenated alkanes) is 2. The second kappa shape index (κ2) is 14.1. The fraction of sp³-hybridized carbons (Fsp3) is 0.522. The van der Waals surface area contributed by atoms with Crippen LogP contribution in [0.3, 0.4) is 0 Å². The third-order valence-electron chi connectivity index (χ3n) is 4.61. The number of hydrogen-bond acceptors (Lipinski definition) is 5. The van der Waals surface area contributed by atoms with Crippen molar-refractivity contribution in [1.82, 2.24) is 0 Å². The first-order valence-corrected chi connectivity index (χ1v) is 10.0. The summed E-state index contributed by atoms with van der Waals surface area (Å²) in [6.07, 6.45) is 9.67. The minimum absolute atomic E-state index is 0.229. The van der Waals surface area contributed by atoms with Gasteiger partial charge in [-0.25, -0.2) is 0 Å². The highest BCUT2D eigenvalue weighted by molar-refractivity contribution is 5.68. The lowest BCUT2D eigenvalue weighted by molar-refractivity contribution is -0.140. The summed E-state index contributed by atoms with van der Waals surface area (Å²) in [5.74, 6) is -0.320. The monoisotopic (exact) mass is 390 g/mol. The lowest BCUT2D eigenvalue weighted by Crippen LogP contribution is -2.23. The number of carbonyl (C=O) groups excluding carboxylic acids is 1. The maximum absolute atomic E-state index is 11.0. The highest BCUT2D eigenvalue weighted by Crippen LogP contribution is 2.20. The lowest BCUT2D eigenvalue weighted by Gasteiger charge is -2.13. The Morgan fingerprint density at radius 1 is 1.04 bits per heavy atom. The van der Waals surface area contributed by atoms with E-state index < -0.39 is 18.3 Å². The summed E-state index contributed by atoms with van der Waals surface area (Å²) in [5, 5.41) is 30.0. The van der Waals surface area contributed by atoms with E-state index in [2.05, 4.69) is 11.7 Å². The largest absolute Gasteiger partial charge is 0.469 e. The van der Waals surface area contributed by atoms with Crippen molar-refractivity contribution in [2.45, 2.75) is 70.2 Å². The van der Waals surface area contributed by atoms with E-state index in [1.54, 1.807) is 12.2 Å². The Labute approximate surface area is 168 Å². The normalized spacial score (nSPS) is 15.0. The van der Waals surface area contributed by atoms with Crippen molar-refractivity contribution in [3.63, 3.8) is 0 Å². The third-order valence-corrected chi connectivity index (χ3v) is 4.61. The standard InChI is InChI=1S/C23H34O5/c1-3-4-5-10-20(24)19-16-14-18(15-17-19)9-6-7-11-21(25)22(26)12-8-13-23(27)28-2/h6-7,9,11,14-17,20-22,24-26H,3-5,8,10,12-13H2,1-2H3/t20-,21-,22+/m1/s1. The molecule has 0 spiro atoms. The molecule has 5 heteroatoms. The van der Waals surface area contributed by atoms with Crippen molar-refractivity contribution in [3.05, 3.63) is 53.6 Å². The van der Waals surface area contributed by atoms with Gasteiger partial charge in [-0.05, 0) is 30.4 Å². The molecule has 1 rings (SSSR count). The molecule has 0 saturated carbocycles. The summed E-state index contributed by atoms with van der Waals surface area (Å²) in [7, 11) is 1.33. The van der Waals surface area contributed by atoms with Crippen molar-refractivity contribution < 1.29 is 24.9 Å². The number of esters is 1. The molecule has 1 aromatic carbocycles. The first-order valence-electron chi connectivity index (χ1n) is 10.0. The van der Waals surface area contributed by atoms with Gasteiger partial charge in [-0.15, -0.1) is 0 Å². The molecule has 0 fully saturated rings. The Kier molecular flexibility index (Phi) is 12.1. The smallest absolute Gasteiger partial charge is 0.305 e. The molecule has 0 aliphatic carbocycles. The Bertz CT molecular complexity index is 606. The van der Waals surface area contributed by atoms with Crippen molar-refractivity contribution >= 4 is 12.0 Å². The van der Waals surface area contributed by atoms with Crippen molar-refractivity contribution in [3.8, 4) is 0 Å². The lowest BCUT2D eigenvalue weighted by atomic mass is 10.0. The van der Waals surface area contributed by atoms with Gasteiger partial charge in [0.05, 0.1) is 25.4 Å². The molecule has 0 saturated heterocycles. The number of ether oxygens (including phenoxy) is 1. The molecule has 0 radical (unpaired) electrons. The molecule has 3 atom stereocenters. The van der Waals surface area contributed by atoms with Gasteiger partial charge in [0, 0.05) is 6.42 Å². The van der Waals surface area contributed by atoms with Crippen LogP contribution in [-0.4, -0.2) is 40.6 Å². The van der Waals surface area contributed by atoms with Gasteiger partial charge < -0.3 is 20.1 Å². The third kappa shape index (κ3) is 9.83. The van der Waals surface area contributed by atoms with Gasteiger partial charge >= 0.3 is 5.97 Å². The van der Waals surface area contributed by atoms with Crippen molar-refractivity contribution in [1.29, 1.82) is 0 Å². The summed E-state index contributed by atoms with van der Waals surface area (Å²) in [6, 6.07) is 7.75. The summed E-state index contributed by atoms with van der Waals surface area (Å²) >= 11 is 0. The van der Waals surface area contributed by atoms with Gasteiger partial charge in [0.2, 0.25) is 0 Å². The second-order valence-electron chi connectivity index (χ2n) is 6.95. The van der Waals surface area contributed by atoms with Gasteiger partial charge in [-0.3, -0.25) is 4.79 Å². The zero-order valence-electron chi connectivity index (χ0n) is 17.0. The van der Waals surface area contributed by atoms with Crippen LogP contribution in [0.5, 0.6) is 0 Å². The molecule has 0 aromatic heterocycles. The first kappa shape index (κ1) is 24.1. The number of aliphatic hydroxyl groups is 3. The molecule has 0 bridgehead atoms. The van der Waals surface area contributed by atoms with E-state index in [1.807, 2.05) is 30.3 Å². The van der Waals surface area contributed by atoms with Crippen LogP contribution in [0.2, 0.25) is 0 Å². The van der Waals surface area contributed by atoms with E-state index in [4.69, 9.17) is 0 Å². The molecule has 0 aliphatic heterocycles. The number of carbonyl (C=O) groups is 1. The SMILES string of the molecule is CCCCC[C@@H](O)c1ccc(C=CC=C[C@@H](O)[C@@H](O)CCCC(=O)OC)cc1. The van der Waals surface area contributed by atoms with Gasteiger partial charge in [-0.2, -0.15) is 0 Å².